The molecule has 0 bridgehead atoms. The van der Waals surface area contributed by atoms with Gasteiger partial charge in [-0.15, -0.1) is 0 Å². The van der Waals surface area contributed by atoms with Crippen LogP contribution in [0, 0.1) is 4.78 Å². The van der Waals surface area contributed by atoms with Gasteiger partial charge in [-0.3, -0.25) is 4.78 Å². The van der Waals surface area contributed by atoms with Crippen molar-refractivity contribution < 1.29 is 13.7 Å². The van der Waals surface area contributed by atoms with Gasteiger partial charge >= 0.3 is 6.09 Å². The Balaban J connectivity index is 2.57. The minimum atomic E-state index is -2.56. The minimum absolute atomic E-state index is 0.222. The molecule has 0 radical (unpaired) electrons. The van der Waals surface area contributed by atoms with Gasteiger partial charge in [-0.25, -0.2) is 9.00 Å². The highest BCUT2D eigenvalue weighted by Gasteiger charge is 2.33. The zero-order chi connectivity index (χ0) is 12.6. The van der Waals surface area contributed by atoms with Crippen LogP contribution in [0.1, 0.15) is 27.2 Å². The number of rotatable bonds is 1. The Labute approximate surface area is 97.1 Å². The van der Waals surface area contributed by atoms with E-state index < -0.39 is 15.3 Å². The average molecular weight is 248 g/mol. The van der Waals surface area contributed by atoms with Crippen LogP contribution in [0.25, 0.3) is 0 Å². The first-order valence-electron chi connectivity index (χ1n) is 5.30. The number of nitrogens with zero attached hydrogens (tertiary/aromatic N) is 1. The van der Waals surface area contributed by atoms with Crippen LogP contribution in [0.3, 0.4) is 0 Å². The Hall–Kier alpha value is -0.780. The van der Waals surface area contributed by atoms with Gasteiger partial charge < -0.3 is 9.64 Å². The molecular formula is C10H20N2O3S. The number of likely N-dealkylation sites (tertiary alicyclic amines) is 1. The lowest BCUT2D eigenvalue weighted by Crippen LogP contribution is -2.36. The molecular weight excluding hydrogens is 228 g/mol. The van der Waals surface area contributed by atoms with Crippen molar-refractivity contribution in [3.05, 3.63) is 0 Å². The Morgan fingerprint density at radius 1 is 1.50 bits per heavy atom. The molecule has 1 N–H and O–H groups in total. The number of hydrogen-bond acceptors (Lipinski definition) is 4. The Morgan fingerprint density at radius 2 is 2.06 bits per heavy atom. The maximum Gasteiger partial charge on any atom is 0.410 e. The zero-order valence-corrected chi connectivity index (χ0v) is 11.1. The quantitative estimate of drug-likeness (QED) is 0.767. The number of amides is 1. The molecule has 1 heterocycles. The predicted octanol–water partition coefficient (Wildman–Crippen LogP) is 1.67. The maximum atomic E-state index is 11.7. The van der Waals surface area contributed by atoms with Crippen molar-refractivity contribution in [3.63, 3.8) is 0 Å². The smallest absolute Gasteiger partial charge is 0.410 e. The van der Waals surface area contributed by atoms with E-state index in [-0.39, 0.29) is 11.3 Å². The fourth-order valence-corrected chi connectivity index (χ4v) is 2.61. The van der Waals surface area contributed by atoms with E-state index >= 15 is 0 Å². The van der Waals surface area contributed by atoms with Crippen molar-refractivity contribution in [2.24, 2.45) is 0 Å². The minimum Gasteiger partial charge on any atom is -0.444 e. The monoisotopic (exact) mass is 248 g/mol. The SMILES string of the molecule is CC(C)(C)OC(=O)N1CC[C@@H]([S@@](C)(=N)=O)C1. The maximum absolute atomic E-state index is 11.7. The summed E-state index contributed by atoms with van der Waals surface area (Å²) >= 11 is 0. The molecule has 1 aliphatic heterocycles. The summed E-state index contributed by atoms with van der Waals surface area (Å²) in [5, 5.41) is -0.222. The first-order chi connectivity index (χ1) is 7.09. The third-order valence-corrected chi connectivity index (χ3v) is 4.09. The molecule has 0 unspecified atom stereocenters. The normalized spacial score (nSPS) is 25.2. The standard InChI is InChI=1S/C10H20N2O3S/c1-10(2,3)15-9(13)12-6-5-8(7-12)16(4,11)14/h8,11H,5-7H2,1-4H3/t8-,16+/m1/s1. The second kappa shape index (κ2) is 4.24. The molecule has 0 aromatic rings. The lowest BCUT2D eigenvalue weighted by atomic mass is 10.2. The third-order valence-electron chi connectivity index (χ3n) is 2.43. The van der Waals surface area contributed by atoms with Gasteiger partial charge in [0.05, 0.1) is 5.25 Å². The molecule has 5 nitrogen and oxygen atoms in total. The van der Waals surface area contributed by atoms with Gasteiger partial charge in [-0.05, 0) is 27.2 Å². The molecule has 2 atom stereocenters. The van der Waals surface area contributed by atoms with Crippen LogP contribution in [0.4, 0.5) is 4.79 Å². The summed E-state index contributed by atoms with van der Waals surface area (Å²) in [5.41, 5.74) is -0.510. The Bertz CT molecular complexity index is 370. The molecule has 16 heavy (non-hydrogen) atoms. The second-order valence-corrected chi connectivity index (χ2v) is 7.72. The van der Waals surface area contributed by atoms with Crippen LogP contribution in [0.5, 0.6) is 0 Å². The van der Waals surface area contributed by atoms with E-state index in [1.165, 1.54) is 11.2 Å². The summed E-state index contributed by atoms with van der Waals surface area (Å²) in [4.78, 5) is 13.2. The summed E-state index contributed by atoms with van der Waals surface area (Å²) in [6, 6.07) is 0. The first kappa shape index (κ1) is 13.3. The molecule has 0 saturated carbocycles. The van der Waals surface area contributed by atoms with Crippen molar-refractivity contribution >= 4 is 15.8 Å². The number of carbonyl (C=O) groups excluding carboxylic acids is 1. The second-order valence-electron chi connectivity index (χ2n) is 5.24. The number of hydrogen-bond donors (Lipinski definition) is 1. The molecule has 6 heteroatoms. The summed E-state index contributed by atoms with van der Waals surface area (Å²) in [6.07, 6.45) is 1.67. The zero-order valence-electron chi connectivity index (χ0n) is 10.3. The Morgan fingerprint density at radius 3 is 2.44 bits per heavy atom. The summed E-state index contributed by atoms with van der Waals surface area (Å²) in [6.45, 7) is 6.33. The van der Waals surface area contributed by atoms with Crippen molar-refractivity contribution in [1.82, 2.24) is 4.90 Å². The summed E-state index contributed by atoms with van der Waals surface area (Å²) in [5.74, 6) is 0. The summed E-state index contributed by atoms with van der Waals surface area (Å²) < 4.78 is 24.2. The van der Waals surface area contributed by atoms with E-state index in [0.717, 1.165) is 0 Å². The van der Waals surface area contributed by atoms with E-state index in [4.69, 9.17) is 9.52 Å². The van der Waals surface area contributed by atoms with E-state index in [9.17, 15) is 9.00 Å². The lowest BCUT2D eigenvalue weighted by Gasteiger charge is -2.24. The average Bonchev–Trinajstić information content (AvgIpc) is 2.46. The fraction of sp³-hybridized carbons (Fsp3) is 0.900. The molecule has 94 valence electrons. The summed E-state index contributed by atoms with van der Waals surface area (Å²) in [7, 11) is -2.56. The molecule has 1 saturated heterocycles. The Kier molecular flexibility index (Phi) is 3.52. The molecule has 1 fully saturated rings. The van der Waals surface area contributed by atoms with E-state index in [2.05, 4.69) is 0 Å². The van der Waals surface area contributed by atoms with Crippen LogP contribution >= 0.6 is 0 Å². The largest absolute Gasteiger partial charge is 0.444 e. The highest BCUT2D eigenvalue weighted by atomic mass is 32.2. The fourth-order valence-electron chi connectivity index (χ4n) is 1.59. The van der Waals surface area contributed by atoms with Gasteiger partial charge in [0.15, 0.2) is 0 Å². The van der Waals surface area contributed by atoms with Crippen molar-refractivity contribution in [1.29, 1.82) is 4.78 Å². The molecule has 1 rings (SSSR count). The van der Waals surface area contributed by atoms with Gasteiger partial charge in [-0.2, -0.15) is 0 Å². The topological polar surface area (TPSA) is 70.5 Å². The van der Waals surface area contributed by atoms with Crippen molar-refractivity contribution in [2.45, 2.75) is 38.0 Å². The van der Waals surface area contributed by atoms with Gasteiger partial charge in [-0.1, -0.05) is 0 Å². The van der Waals surface area contributed by atoms with Crippen LogP contribution in [-0.4, -0.2) is 45.4 Å². The van der Waals surface area contributed by atoms with Crippen molar-refractivity contribution in [3.8, 4) is 0 Å². The lowest BCUT2D eigenvalue weighted by molar-refractivity contribution is 0.0295. The number of ether oxygens (including phenoxy) is 1. The van der Waals surface area contributed by atoms with Crippen molar-refractivity contribution in [2.75, 3.05) is 19.3 Å². The van der Waals surface area contributed by atoms with E-state index in [1.54, 1.807) is 0 Å². The van der Waals surface area contributed by atoms with Crippen LogP contribution in [0.15, 0.2) is 0 Å². The van der Waals surface area contributed by atoms with E-state index in [0.29, 0.717) is 19.5 Å². The van der Waals surface area contributed by atoms with Crippen LogP contribution < -0.4 is 0 Å². The van der Waals surface area contributed by atoms with Crippen LogP contribution in [-0.2, 0) is 14.5 Å². The van der Waals surface area contributed by atoms with E-state index in [1.807, 2.05) is 20.8 Å². The van der Waals surface area contributed by atoms with Gasteiger partial charge in [0, 0.05) is 29.1 Å². The molecule has 0 spiro atoms. The molecule has 0 aliphatic carbocycles. The first-order valence-corrected chi connectivity index (χ1v) is 7.33. The molecule has 1 aliphatic rings. The van der Waals surface area contributed by atoms with Gasteiger partial charge in [0.1, 0.15) is 5.60 Å². The molecule has 0 aromatic carbocycles. The molecule has 1 amide bonds. The number of carbonyl (C=O) groups is 1. The number of nitrogens with one attached hydrogen (secondary N) is 1. The van der Waals surface area contributed by atoms with Crippen LogP contribution in [0.2, 0.25) is 0 Å². The predicted molar refractivity (Wildman–Crippen MR) is 63.0 cm³/mol. The molecule has 0 aromatic heterocycles. The highest BCUT2D eigenvalue weighted by Crippen LogP contribution is 2.19. The third kappa shape index (κ3) is 3.66. The highest BCUT2D eigenvalue weighted by molar-refractivity contribution is 7.92. The van der Waals surface area contributed by atoms with Gasteiger partial charge in [0.25, 0.3) is 0 Å². The van der Waals surface area contributed by atoms with Gasteiger partial charge in [0.2, 0.25) is 0 Å².